The van der Waals surface area contributed by atoms with E-state index in [1.165, 1.54) is 7.11 Å². The number of carbonyl (C=O) groups is 3. The van der Waals surface area contributed by atoms with Crippen molar-refractivity contribution in [3.05, 3.63) is 22.8 Å². The lowest BCUT2D eigenvalue weighted by atomic mass is 9.79. The van der Waals surface area contributed by atoms with E-state index in [1.54, 1.807) is 19.9 Å². The summed E-state index contributed by atoms with van der Waals surface area (Å²) in [5, 5.41) is 2.23. The molecule has 94 valence electrons. The van der Waals surface area contributed by atoms with Crippen molar-refractivity contribution in [2.45, 2.75) is 25.0 Å². The van der Waals surface area contributed by atoms with Gasteiger partial charge in [-0.1, -0.05) is 0 Å². The van der Waals surface area contributed by atoms with Gasteiger partial charge in [-0.3, -0.25) is 14.9 Å². The molecule has 2 atom stereocenters. The van der Waals surface area contributed by atoms with Crippen LogP contribution in [0.25, 0.3) is 0 Å². The standard InChI is InChI=1S/C12H11NO5/c1-11-4-5(10(16)17-3)12(2,18-11)7-6(11)8(14)13-9(7)15/h4H,1-3H3,(H,13,14,15). The third kappa shape index (κ3) is 0.995. The van der Waals surface area contributed by atoms with E-state index in [4.69, 9.17) is 4.74 Å². The Labute approximate surface area is 103 Å². The number of nitrogens with one attached hydrogen (secondary N) is 1. The average Bonchev–Trinajstić information content (AvgIpc) is 2.82. The number of hydrogen-bond acceptors (Lipinski definition) is 5. The average molecular weight is 249 g/mol. The van der Waals surface area contributed by atoms with E-state index in [1.807, 2.05) is 0 Å². The number of carbonyl (C=O) groups excluding carboxylic acids is 3. The molecule has 0 spiro atoms. The molecule has 0 saturated carbocycles. The maximum absolute atomic E-state index is 11.8. The van der Waals surface area contributed by atoms with Crippen LogP contribution in [0, 0.1) is 0 Å². The third-order valence-electron chi connectivity index (χ3n) is 3.66. The van der Waals surface area contributed by atoms with Gasteiger partial charge in [-0.2, -0.15) is 0 Å². The van der Waals surface area contributed by atoms with Gasteiger partial charge in [0.2, 0.25) is 0 Å². The molecule has 1 N–H and O–H groups in total. The zero-order chi connectivity index (χ0) is 13.3. The summed E-state index contributed by atoms with van der Waals surface area (Å²) in [5.41, 5.74) is -1.46. The number of imide groups is 1. The largest absolute Gasteiger partial charge is 0.466 e. The van der Waals surface area contributed by atoms with Gasteiger partial charge in [-0.15, -0.1) is 0 Å². The first kappa shape index (κ1) is 11.2. The SMILES string of the molecule is COC(=O)C1=CC2(C)OC1(C)C1=C2C(=O)NC1=O. The van der Waals surface area contributed by atoms with Crippen LogP contribution < -0.4 is 5.32 Å². The molecule has 18 heavy (non-hydrogen) atoms. The maximum atomic E-state index is 11.8. The van der Waals surface area contributed by atoms with Crippen molar-refractivity contribution in [3.8, 4) is 0 Å². The fourth-order valence-electron chi connectivity index (χ4n) is 2.98. The molecule has 2 bridgehead atoms. The van der Waals surface area contributed by atoms with E-state index in [9.17, 15) is 14.4 Å². The smallest absolute Gasteiger partial charge is 0.336 e. The van der Waals surface area contributed by atoms with Gasteiger partial charge < -0.3 is 9.47 Å². The fraction of sp³-hybridized carbons (Fsp3) is 0.417. The second-order valence-corrected chi connectivity index (χ2v) is 4.83. The van der Waals surface area contributed by atoms with E-state index < -0.39 is 29.0 Å². The second kappa shape index (κ2) is 2.89. The first-order valence-electron chi connectivity index (χ1n) is 5.46. The van der Waals surface area contributed by atoms with E-state index in [0.717, 1.165) is 0 Å². The van der Waals surface area contributed by atoms with Crippen molar-refractivity contribution in [2.24, 2.45) is 0 Å². The third-order valence-corrected chi connectivity index (χ3v) is 3.66. The molecule has 3 heterocycles. The van der Waals surface area contributed by atoms with E-state index in [0.29, 0.717) is 5.57 Å². The van der Waals surface area contributed by atoms with Gasteiger partial charge in [-0.05, 0) is 19.9 Å². The van der Waals surface area contributed by atoms with E-state index >= 15 is 0 Å². The van der Waals surface area contributed by atoms with Crippen LogP contribution in [0.1, 0.15) is 13.8 Å². The summed E-state index contributed by atoms with van der Waals surface area (Å²) in [6.45, 7) is 3.25. The summed E-state index contributed by atoms with van der Waals surface area (Å²) >= 11 is 0. The highest BCUT2D eigenvalue weighted by Gasteiger charge is 2.64. The van der Waals surface area contributed by atoms with Gasteiger partial charge >= 0.3 is 5.97 Å². The lowest BCUT2D eigenvalue weighted by Gasteiger charge is -2.24. The number of amides is 2. The Hall–Kier alpha value is -1.95. The Kier molecular flexibility index (Phi) is 1.79. The van der Waals surface area contributed by atoms with Crippen LogP contribution in [-0.2, 0) is 23.9 Å². The van der Waals surface area contributed by atoms with Gasteiger partial charge in [0, 0.05) is 0 Å². The molecule has 3 aliphatic rings. The summed E-state index contributed by atoms with van der Waals surface area (Å²) < 4.78 is 10.4. The molecule has 0 fully saturated rings. The van der Waals surface area contributed by atoms with Crippen molar-refractivity contribution in [2.75, 3.05) is 7.11 Å². The summed E-state index contributed by atoms with van der Waals surface area (Å²) in [4.78, 5) is 35.3. The molecular formula is C12H11NO5. The highest BCUT2D eigenvalue weighted by Crippen LogP contribution is 2.54. The number of hydrogen-bond donors (Lipinski definition) is 1. The molecule has 2 unspecified atom stereocenters. The Bertz CT molecular complexity index is 587. The van der Waals surface area contributed by atoms with E-state index in [2.05, 4.69) is 10.1 Å². The highest BCUT2D eigenvalue weighted by molar-refractivity contribution is 6.24. The zero-order valence-corrected chi connectivity index (χ0v) is 10.1. The Balaban J connectivity index is 2.21. The molecule has 2 amide bonds. The van der Waals surface area contributed by atoms with Gasteiger partial charge in [0.25, 0.3) is 11.8 Å². The Morgan fingerprint density at radius 3 is 2.50 bits per heavy atom. The monoisotopic (exact) mass is 249 g/mol. The summed E-state index contributed by atoms with van der Waals surface area (Å²) in [6, 6.07) is 0. The predicted octanol–water partition coefficient (Wildman–Crippen LogP) is -0.400. The molecule has 0 aromatic carbocycles. The Morgan fingerprint density at radius 1 is 1.28 bits per heavy atom. The zero-order valence-electron chi connectivity index (χ0n) is 10.1. The van der Waals surface area contributed by atoms with Crippen molar-refractivity contribution in [1.82, 2.24) is 5.32 Å². The van der Waals surface area contributed by atoms with Gasteiger partial charge in [0.05, 0.1) is 23.8 Å². The van der Waals surface area contributed by atoms with Crippen LogP contribution in [0.2, 0.25) is 0 Å². The van der Waals surface area contributed by atoms with Gasteiger partial charge in [0.15, 0.2) is 0 Å². The van der Waals surface area contributed by atoms with Crippen molar-refractivity contribution in [3.63, 3.8) is 0 Å². The molecule has 6 heteroatoms. The number of esters is 1. The molecule has 6 nitrogen and oxygen atoms in total. The Morgan fingerprint density at radius 2 is 1.89 bits per heavy atom. The summed E-state index contributed by atoms with van der Waals surface area (Å²) in [6.07, 6.45) is 1.55. The molecule has 0 aliphatic carbocycles. The fourth-order valence-corrected chi connectivity index (χ4v) is 2.98. The quantitative estimate of drug-likeness (QED) is 0.505. The van der Waals surface area contributed by atoms with Crippen LogP contribution in [0.4, 0.5) is 0 Å². The molecule has 3 rings (SSSR count). The van der Waals surface area contributed by atoms with Crippen molar-refractivity contribution < 1.29 is 23.9 Å². The minimum Gasteiger partial charge on any atom is -0.466 e. The molecule has 3 aliphatic heterocycles. The lowest BCUT2D eigenvalue weighted by molar-refractivity contribution is -0.138. The summed E-state index contributed by atoms with van der Waals surface area (Å²) in [5.74, 6) is -1.52. The second-order valence-electron chi connectivity index (χ2n) is 4.83. The van der Waals surface area contributed by atoms with Gasteiger partial charge in [-0.25, -0.2) is 4.79 Å². The number of fused-ring (bicyclic) bond motifs is 4. The van der Waals surface area contributed by atoms with Crippen LogP contribution in [-0.4, -0.2) is 36.1 Å². The van der Waals surface area contributed by atoms with Crippen LogP contribution in [0.15, 0.2) is 22.8 Å². The molecule has 0 aromatic heterocycles. The number of rotatable bonds is 1. The highest BCUT2D eigenvalue weighted by atomic mass is 16.6. The minimum absolute atomic E-state index is 0.220. The molecule has 0 saturated heterocycles. The topological polar surface area (TPSA) is 81.7 Å². The predicted molar refractivity (Wildman–Crippen MR) is 58.2 cm³/mol. The van der Waals surface area contributed by atoms with Crippen LogP contribution in [0.3, 0.4) is 0 Å². The molecule has 0 radical (unpaired) electrons. The first-order chi connectivity index (χ1) is 8.33. The van der Waals surface area contributed by atoms with Gasteiger partial charge in [0.1, 0.15) is 11.2 Å². The van der Waals surface area contributed by atoms with Crippen molar-refractivity contribution in [1.29, 1.82) is 0 Å². The number of ether oxygens (including phenoxy) is 2. The minimum atomic E-state index is -1.20. The van der Waals surface area contributed by atoms with Crippen LogP contribution in [0.5, 0.6) is 0 Å². The van der Waals surface area contributed by atoms with Crippen LogP contribution >= 0.6 is 0 Å². The van der Waals surface area contributed by atoms with Crippen molar-refractivity contribution >= 4 is 17.8 Å². The summed E-state index contributed by atoms with van der Waals surface area (Å²) in [7, 11) is 1.26. The lowest BCUT2D eigenvalue weighted by Crippen LogP contribution is -2.39. The maximum Gasteiger partial charge on any atom is 0.336 e. The normalized spacial score (nSPS) is 36.7. The molecule has 0 aromatic rings. The first-order valence-corrected chi connectivity index (χ1v) is 5.46. The van der Waals surface area contributed by atoms with E-state index in [-0.39, 0.29) is 11.1 Å². The number of methoxy groups -OCH3 is 1. The molecular weight excluding hydrogens is 238 g/mol.